The highest BCUT2D eigenvalue weighted by atomic mass is 19.3. The van der Waals surface area contributed by atoms with Crippen LogP contribution in [0.2, 0.25) is 0 Å². The number of rotatable bonds is 7. The van der Waals surface area contributed by atoms with Crippen molar-refractivity contribution in [3.63, 3.8) is 0 Å². The Kier molecular flexibility index (Phi) is 6.48. The lowest BCUT2D eigenvalue weighted by molar-refractivity contribution is -0.139. The van der Waals surface area contributed by atoms with E-state index in [4.69, 9.17) is 9.47 Å². The molecule has 3 heterocycles. The number of nitrogens with zero attached hydrogens (tertiary/aromatic N) is 5. The second-order valence-corrected chi connectivity index (χ2v) is 7.67. The summed E-state index contributed by atoms with van der Waals surface area (Å²) >= 11 is 0. The summed E-state index contributed by atoms with van der Waals surface area (Å²) in [5.41, 5.74) is 0.247. The average Bonchev–Trinajstić information content (AvgIpc) is 3.28. The van der Waals surface area contributed by atoms with Crippen LogP contribution in [0.5, 0.6) is 11.5 Å². The highest BCUT2D eigenvalue weighted by Gasteiger charge is 2.30. The number of likely N-dealkylation sites (tertiary alicyclic amines) is 1. The van der Waals surface area contributed by atoms with Gasteiger partial charge in [-0.25, -0.2) is 13.8 Å². The third-order valence-electron chi connectivity index (χ3n) is 5.47. The van der Waals surface area contributed by atoms with Crippen molar-refractivity contribution in [3.05, 3.63) is 48.0 Å². The SMILES string of the molecule is CCOc1ccc(O[C@@H](C)C(=O)N2CCC[C@@H](c3cc(C(F)F)n4ncnc4n3)C2)cc1. The van der Waals surface area contributed by atoms with Crippen LogP contribution >= 0.6 is 0 Å². The Balaban J connectivity index is 1.45. The van der Waals surface area contributed by atoms with Gasteiger partial charge in [0.05, 0.1) is 12.3 Å². The fourth-order valence-electron chi connectivity index (χ4n) is 3.93. The number of alkyl halides is 2. The van der Waals surface area contributed by atoms with Gasteiger partial charge in [0.1, 0.15) is 23.5 Å². The molecule has 1 aliphatic rings. The number of halogens is 2. The quantitative estimate of drug-likeness (QED) is 0.552. The summed E-state index contributed by atoms with van der Waals surface area (Å²) in [7, 11) is 0. The zero-order valence-electron chi connectivity index (χ0n) is 17.9. The summed E-state index contributed by atoms with van der Waals surface area (Å²) in [5.74, 6) is 1.13. The molecule has 0 spiro atoms. The summed E-state index contributed by atoms with van der Waals surface area (Å²) in [6.45, 7) is 5.16. The second-order valence-electron chi connectivity index (χ2n) is 7.67. The van der Waals surface area contributed by atoms with Gasteiger partial charge in [-0.2, -0.15) is 14.6 Å². The van der Waals surface area contributed by atoms with Crippen LogP contribution in [0.15, 0.2) is 36.7 Å². The van der Waals surface area contributed by atoms with Crippen LogP contribution in [0.3, 0.4) is 0 Å². The summed E-state index contributed by atoms with van der Waals surface area (Å²) in [4.78, 5) is 23.1. The average molecular weight is 445 g/mol. The van der Waals surface area contributed by atoms with E-state index in [9.17, 15) is 13.6 Å². The van der Waals surface area contributed by atoms with Crippen LogP contribution in [0.25, 0.3) is 5.78 Å². The van der Waals surface area contributed by atoms with Gasteiger partial charge in [0, 0.05) is 19.0 Å². The second kappa shape index (κ2) is 9.46. The van der Waals surface area contributed by atoms with E-state index in [1.807, 2.05) is 6.92 Å². The zero-order valence-corrected chi connectivity index (χ0v) is 17.9. The lowest BCUT2D eigenvalue weighted by Gasteiger charge is -2.34. The predicted molar refractivity (Wildman–Crippen MR) is 112 cm³/mol. The maximum atomic E-state index is 13.5. The standard InChI is InChI=1S/C22H25F2N5O3/c1-3-31-16-6-8-17(9-7-16)32-14(2)21(30)28-10-4-5-15(12-28)18-11-19(20(23)24)29-22(27-18)25-13-26-29/h6-9,11,13-15,20H,3-5,10,12H2,1-2H3/t14-,15+/m0/s1. The number of carbonyl (C=O) groups is 1. The summed E-state index contributed by atoms with van der Waals surface area (Å²) < 4.78 is 39.3. The van der Waals surface area contributed by atoms with Gasteiger partial charge in [0.2, 0.25) is 0 Å². The van der Waals surface area contributed by atoms with E-state index >= 15 is 0 Å². The molecule has 32 heavy (non-hydrogen) atoms. The largest absolute Gasteiger partial charge is 0.494 e. The van der Waals surface area contributed by atoms with Crippen LogP contribution in [0.4, 0.5) is 8.78 Å². The highest BCUT2D eigenvalue weighted by Crippen LogP contribution is 2.29. The Morgan fingerprint density at radius 1 is 1.25 bits per heavy atom. The number of carbonyl (C=O) groups excluding carboxylic acids is 1. The van der Waals surface area contributed by atoms with Crippen LogP contribution in [-0.4, -0.2) is 56.2 Å². The molecule has 0 aliphatic carbocycles. The van der Waals surface area contributed by atoms with Crippen molar-refractivity contribution in [2.45, 2.75) is 45.1 Å². The molecule has 8 nitrogen and oxygen atoms in total. The number of benzene rings is 1. The number of aromatic nitrogens is 4. The normalized spacial score (nSPS) is 17.5. The lowest BCUT2D eigenvalue weighted by atomic mass is 9.93. The van der Waals surface area contributed by atoms with E-state index in [1.54, 1.807) is 36.1 Å². The van der Waals surface area contributed by atoms with E-state index in [0.717, 1.165) is 23.1 Å². The number of fused-ring (bicyclic) bond motifs is 1. The fourth-order valence-corrected chi connectivity index (χ4v) is 3.93. The molecule has 10 heteroatoms. The molecule has 1 saturated heterocycles. The molecule has 1 amide bonds. The first-order valence-corrected chi connectivity index (χ1v) is 10.6. The highest BCUT2D eigenvalue weighted by molar-refractivity contribution is 5.81. The van der Waals surface area contributed by atoms with Crippen molar-refractivity contribution in [2.75, 3.05) is 19.7 Å². The van der Waals surface area contributed by atoms with Gasteiger partial charge in [-0.3, -0.25) is 4.79 Å². The maximum absolute atomic E-state index is 13.5. The van der Waals surface area contributed by atoms with Crippen LogP contribution in [-0.2, 0) is 4.79 Å². The molecule has 4 rings (SSSR count). The number of ether oxygens (including phenoxy) is 2. The van der Waals surface area contributed by atoms with Crippen molar-refractivity contribution in [3.8, 4) is 11.5 Å². The molecular formula is C22H25F2N5O3. The van der Waals surface area contributed by atoms with Gasteiger partial charge < -0.3 is 14.4 Å². The first-order chi connectivity index (χ1) is 15.5. The number of hydrogen-bond acceptors (Lipinski definition) is 6. The van der Waals surface area contributed by atoms with E-state index in [0.29, 0.717) is 31.1 Å². The van der Waals surface area contributed by atoms with Gasteiger partial charge in [-0.1, -0.05) is 0 Å². The predicted octanol–water partition coefficient (Wildman–Crippen LogP) is 3.63. The molecule has 0 saturated carbocycles. The molecule has 0 radical (unpaired) electrons. The molecule has 2 aromatic heterocycles. The third kappa shape index (κ3) is 4.63. The van der Waals surface area contributed by atoms with Crippen molar-refractivity contribution >= 4 is 11.7 Å². The lowest BCUT2D eigenvalue weighted by Crippen LogP contribution is -2.45. The molecule has 1 fully saturated rings. The van der Waals surface area contributed by atoms with Crippen molar-refractivity contribution in [1.82, 2.24) is 24.5 Å². The van der Waals surface area contributed by atoms with Crippen molar-refractivity contribution in [2.24, 2.45) is 0 Å². The van der Waals surface area contributed by atoms with Crippen LogP contribution < -0.4 is 9.47 Å². The minimum Gasteiger partial charge on any atom is -0.494 e. The molecule has 0 N–H and O–H groups in total. The van der Waals surface area contributed by atoms with E-state index in [1.165, 1.54) is 12.4 Å². The molecular weight excluding hydrogens is 420 g/mol. The fraction of sp³-hybridized carbons (Fsp3) is 0.455. The number of piperidine rings is 1. The zero-order chi connectivity index (χ0) is 22.7. The third-order valence-corrected chi connectivity index (χ3v) is 5.47. The van der Waals surface area contributed by atoms with Gasteiger partial charge in [0.15, 0.2) is 6.10 Å². The van der Waals surface area contributed by atoms with Crippen LogP contribution in [0, 0.1) is 0 Å². The minimum atomic E-state index is -2.70. The number of hydrogen-bond donors (Lipinski definition) is 0. The first kappa shape index (κ1) is 21.9. The Hall–Kier alpha value is -3.30. The molecule has 3 aromatic rings. The smallest absolute Gasteiger partial charge is 0.280 e. The van der Waals surface area contributed by atoms with Gasteiger partial charge in [0.25, 0.3) is 18.1 Å². The van der Waals surface area contributed by atoms with E-state index in [2.05, 4.69) is 15.1 Å². The van der Waals surface area contributed by atoms with Crippen LogP contribution in [0.1, 0.15) is 50.4 Å². The molecule has 1 aliphatic heterocycles. The topological polar surface area (TPSA) is 81.9 Å². The van der Waals surface area contributed by atoms with Gasteiger partial charge in [-0.05, 0) is 57.0 Å². The molecule has 1 aromatic carbocycles. The first-order valence-electron chi connectivity index (χ1n) is 10.6. The van der Waals surface area contributed by atoms with Crippen molar-refractivity contribution in [1.29, 1.82) is 0 Å². The monoisotopic (exact) mass is 445 g/mol. The Morgan fingerprint density at radius 3 is 2.72 bits per heavy atom. The van der Waals surface area contributed by atoms with Crippen molar-refractivity contribution < 1.29 is 23.0 Å². The summed E-state index contributed by atoms with van der Waals surface area (Å²) in [6.07, 6.45) is -0.692. The molecule has 0 unspecified atom stereocenters. The van der Waals surface area contributed by atoms with Gasteiger partial charge in [-0.15, -0.1) is 0 Å². The Labute approximate surface area is 184 Å². The molecule has 2 atom stereocenters. The Bertz CT molecular complexity index is 1070. The van der Waals surface area contributed by atoms with E-state index in [-0.39, 0.29) is 23.3 Å². The molecule has 170 valence electrons. The minimum absolute atomic E-state index is 0.133. The summed E-state index contributed by atoms with van der Waals surface area (Å²) in [5, 5.41) is 3.82. The maximum Gasteiger partial charge on any atom is 0.280 e. The Morgan fingerprint density at radius 2 is 2.00 bits per heavy atom. The van der Waals surface area contributed by atoms with E-state index < -0.39 is 12.5 Å². The summed E-state index contributed by atoms with van der Waals surface area (Å²) in [6, 6.07) is 8.47. The van der Waals surface area contributed by atoms with Gasteiger partial charge >= 0.3 is 0 Å². The molecule has 0 bridgehead atoms. The number of amides is 1.